The topological polar surface area (TPSA) is 55.9 Å². The summed E-state index contributed by atoms with van der Waals surface area (Å²) in [4.78, 5) is 5.41. The van der Waals surface area contributed by atoms with Gasteiger partial charge in [0.15, 0.2) is 0 Å². The minimum Gasteiger partial charge on any atom is -0.336 e. The van der Waals surface area contributed by atoms with Crippen LogP contribution in [0.15, 0.2) is 26.7 Å². The molecule has 7 heteroatoms. The molecule has 4 nitrogen and oxygen atoms in total. The van der Waals surface area contributed by atoms with Gasteiger partial charge >= 0.3 is 0 Å². The van der Waals surface area contributed by atoms with E-state index in [1.54, 1.807) is 17.5 Å². The molecule has 0 aliphatic heterocycles. The van der Waals surface area contributed by atoms with Gasteiger partial charge in [-0.25, -0.2) is 10.4 Å². The molecule has 0 amide bonds. The number of thiophene rings is 1. The first kappa shape index (κ1) is 12.3. The highest BCUT2D eigenvalue weighted by molar-refractivity contribution is 9.13. The normalized spacial score (nSPS) is 13.0. The lowest BCUT2D eigenvalue weighted by atomic mass is 10.2. The highest BCUT2D eigenvalue weighted by Crippen LogP contribution is 2.36. The maximum atomic E-state index is 5.60. The quantitative estimate of drug-likeness (QED) is 0.649. The predicted octanol–water partition coefficient (Wildman–Crippen LogP) is 2.56. The van der Waals surface area contributed by atoms with Crippen molar-refractivity contribution in [3.8, 4) is 0 Å². The van der Waals surface area contributed by atoms with Crippen LogP contribution in [0.3, 0.4) is 0 Å². The van der Waals surface area contributed by atoms with Crippen LogP contribution in [0, 0.1) is 0 Å². The molecule has 0 saturated carbocycles. The summed E-state index contributed by atoms with van der Waals surface area (Å²) in [6.07, 6.45) is 3.66. The second kappa shape index (κ2) is 4.97. The molecule has 0 fully saturated rings. The Kier molecular flexibility index (Phi) is 3.81. The van der Waals surface area contributed by atoms with Gasteiger partial charge in [0.05, 0.1) is 3.79 Å². The summed E-state index contributed by atoms with van der Waals surface area (Å²) in [6.45, 7) is 0. The lowest BCUT2D eigenvalue weighted by molar-refractivity contribution is 0.587. The molecule has 2 heterocycles. The molecule has 0 aliphatic carbocycles. The van der Waals surface area contributed by atoms with E-state index in [0.717, 1.165) is 19.0 Å². The Morgan fingerprint density at radius 2 is 2.31 bits per heavy atom. The van der Waals surface area contributed by atoms with Crippen LogP contribution in [0.25, 0.3) is 0 Å². The van der Waals surface area contributed by atoms with Gasteiger partial charge < -0.3 is 4.57 Å². The molecular weight excluding hydrogens is 356 g/mol. The fourth-order valence-corrected chi connectivity index (χ4v) is 3.59. The third kappa shape index (κ3) is 2.23. The van der Waals surface area contributed by atoms with Crippen molar-refractivity contribution in [3.05, 3.63) is 37.4 Å². The fraction of sp³-hybridized carbons (Fsp3) is 0.222. The highest BCUT2D eigenvalue weighted by Gasteiger charge is 2.19. The minimum atomic E-state index is -0.0902. The van der Waals surface area contributed by atoms with Crippen molar-refractivity contribution in [2.75, 3.05) is 0 Å². The predicted molar refractivity (Wildman–Crippen MR) is 72.1 cm³/mol. The number of nitrogens with one attached hydrogen (secondary N) is 1. The molecule has 0 bridgehead atoms. The van der Waals surface area contributed by atoms with Crippen LogP contribution in [0.4, 0.5) is 0 Å². The molecule has 0 saturated heterocycles. The van der Waals surface area contributed by atoms with Gasteiger partial charge in [0.2, 0.25) is 0 Å². The van der Waals surface area contributed by atoms with Gasteiger partial charge in [-0.15, -0.1) is 11.3 Å². The Hall–Kier alpha value is -0.210. The molecule has 86 valence electrons. The van der Waals surface area contributed by atoms with E-state index in [0.29, 0.717) is 0 Å². The Bertz CT molecular complexity index is 474. The van der Waals surface area contributed by atoms with Crippen molar-refractivity contribution in [1.29, 1.82) is 0 Å². The summed E-state index contributed by atoms with van der Waals surface area (Å²) < 4.78 is 4.03. The molecule has 3 N–H and O–H groups in total. The van der Waals surface area contributed by atoms with E-state index >= 15 is 0 Å². The van der Waals surface area contributed by atoms with Crippen LogP contribution in [0.5, 0.6) is 0 Å². The standard InChI is InChI=1S/C9H10Br2N4S/c1-15-3-2-13-9(15)7(14-12)6-4-5(10)8(11)16-6/h2-4,7,14H,12H2,1H3. The molecule has 2 aromatic rings. The molecule has 16 heavy (non-hydrogen) atoms. The first-order chi connectivity index (χ1) is 7.63. The van der Waals surface area contributed by atoms with Gasteiger partial charge in [-0.05, 0) is 37.9 Å². The Labute approximate surface area is 114 Å². The summed E-state index contributed by atoms with van der Waals surface area (Å²) >= 11 is 8.56. The number of halogens is 2. The van der Waals surface area contributed by atoms with E-state index in [4.69, 9.17) is 5.84 Å². The first-order valence-corrected chi connectivity index (χ1v) is 6.91. The zero-order chi connectivity index (χ0) is 11.7. The van der Waals surface area contributed by atoms with E-state index in [1.807, 2.05) is 23.9 Å². The van der Waals surface area contributed by atoms with E-state index in [-0.39, 0.29) is 6.04 Å². The molecule has 0 aromatic carbocycles. The van der Waals surface area contributed by atoms with Crippen molar-refractivity contribution < 1.29 is 0 Å². The van der Waals surface area contributed by atoms with Gasteiger partial charge in [-0.1, -0.05) is 0 Å². The van der Waals surface area contributed by atoms with Crippen LogP contribution in [0.1, 0.15) is 16.7 Å². The van der Waals surface area contributed by atoms with E-state index in [1.165, 1.54) is 0 Å². The summed E-state index contributed by atoms with van der Waals surface area (Å²) in [5, 5.41) is 0. The van der Waals surface area contributed by atoms with E-state index < -0.39 is 0 Å². The first-order valence-electron chi connectivity index (χ1n) is 4.51. The van der Waals surface area contributed by atoms with Crippen molar-refractivity contribution in [2.24, 2.45) is 12.9 Å². The Balaban J connectivity index is 2.40. The Morgan fingerprint density at radius 1 is 1.56 bits per heavy atom. The zero-order valence-electron chi connectivity index (χ0n) is 8.45. The second-order valence-corrected chi connectivity index (χ2v) is 6.52. The molecule has 1 atom stereocenters. The molecule has 0 aliphatic rings. The lowest BCUT2D eigenvalue weighted by Gasteiger charge is -2.13. The van der Waals surface area contributed by atoms with Crippen molar-refractivity contribution in [3.63, 3.8) is 0 Å². The SMILES string of the molecule is Cn1ccnc1C(NN)c1cc(Br)c(Br)s1. The second-order valence-electron chi connectivity index (χ2n) is 3.27. The van der Waals surface area contributed by atoms with Crippen molar-refractivity contribution in [1.82, 2.24) is 15.0 Å². The highest BCUT2D eigenvalue weighted by atomic mass is 79.9. The van der Waals surface area contributed by atoms with Crippen molar-refractivity contribution >= 4 is 43.2 Å². The Morgan fingerprint density at radius 3 is 2.75 bits per heavy atom. The average molecular weight is 366 g/mol. The van der Waals surface area contributed by atoms with Crippen molar-refractivity contribution in [2.45, 2.75) is 6.04 Å². The van der Waals surface area contributed by atoms with Crippen LogP contribution >= 0.6 is 43.2 Å². The van der Waals surface area contributed by atoms with Gasteiger partial charge in [0, 0.05) is 28.8 Å². The van der Waals surface area contributed by atoms with Crippen LogP contribution in [0.2, 0.25) is 0 Å². The average Bonchev–Trinajstić information content (AvgIpc) is 2.78. The molecule has 2 aromatic heterocycles. The molecular formula is C9H10Br2N4S. The van der Waals surface area contributed by atoms with E-state index in [9.17, 15) is 0 Å². The molecule has 0 radical (unpaired) electrons. The van der Waals surface area contributed by atoms with Crippen LogP contribution < -0.4 is 11.3 Å². The number of hydrogen-bond acceptors (Lipinski definition) is 4. The minimum absolute atomic E-state index is 0.0902. The largest absolute Gasteiger partial charge is 0.336 e. The maximum Gasteiger partial charge on any atom is 0.132 e. The summed E-state index contributed by atoms with van der Waals surface area (Å²) in [7, 11) is 1.95. The molecule has 1 unspecified atom stereocenters. The number of hydrazine groups is 1. The van der Waals surface area contributed by atoms with Gasteiger partial charge in [0.1, 0.15) is 11.9 Å². The number of hydrogen-bond donors (Lipinski definition) is 2. The number of nitrogens with zero attached hydrogens (tertiary/aromatic N) is 2. The van der Waals surface area contributed by atoms with Gasteiger partial charge in [-0.3, -0.25) is 5.84 Å². The number of nitrogens with two attached hydrogens (primary N) is 1. The van der Waals surface area contributed by atoms with E-state index in [2.05, 4.69) is 42.3 Å². The molecule has 0 spiro atoms. The van der Waals surface area contributed by atoms with Crippen LogP contribution in [-0.2, 0) is 7.05 Å². The van der Waals surface area contributed by atoms with Gasteiger partial charge in [-0.2, -0.15) is 0 Å². The summed E-state index contributed by atoms with van der Waals surface area (Å²) in [6, 6.07) is 1.95. The van der Waals surface area contributed by atoms with Crippen LogP contribution in [-0.4, -0.2) is 9.55 Å². The smallest absolute Gasteiger partial charge is 0.132 e. The monoisotopic (exact) mass is 364 g/mol. The third-order valence-electron chi connectivity index (χ3n) is 2.23. The molecule has 2 rings (SSSR count). The summed E-state index contributed by atoms with van der Waals surface area (Å²) in [5.74, 6) is 6.49. The lowest BCUT2D eigenvalue weighted by Crippen LogP contribution is -2.30. The third-order valence-corrected chi connectivity index (χ3v) is 5.55. The van der Waals surface area contributed by atoms with Gasteiger partial charge in [0.25, 0.3) is 0 Å². The number of aromatic nitrogens is 2. The fourth-order valence-electron chi connectivity index (χ4n) is 1.44. The number of aryl methyl sites for hydroxylation is 1. The summed E-state index contributed by atoms with van der Waals surface area (Å²) in [5.41, 5.74) is 2.79. The zero-order valence-corrected chi connectivity index (χ0v) is 12.4. The maximum absolute atomic E-state index is 5.60. The number of rotatable bonds is 3. The number of imidazole rings is 1.